The van der Waals surface area contributed by atoms with Gasteiger partial charge in [0.25, 0.3) is 0 Å². The first-order valence-electron chi connectivity index (χ1n) is 21.5. The fourth-order valence-corrected chi connectivity index (χ4v) is 6.38. The lowest BCUT2D eigenvalue weighted by Gasteiger charge is -2.20. The van der Waals surface area contributed by atoms with Crippen LogP contribution in [-0.4, -0.2) is 71.5 Å². The first kappa shape index (κ1) is 53.6. The van der Waals surface area contributed by atoms with Crippen molar-refractivity contribution >= 4 is 25.5 Å². The van der Waals surface area contributed by atoms with Crippen LogP contribution in [0.5, 0.6) is 0 Å². The van der Waals surface area contributed by atoms with E-state index in [1.807, 2.05) is 36.5 Å². The second kappa shape index (κ2) is 39.4. The molecule has 0 aliphatic rings. The third-order valence-electron chi connectivity index (χ3n) is 8.96. The highest BCUT2D eigenvalue weighted by Gasteiger charge is 2.27. The Balaban J connectivity index is 4.44. The number of carbonyl (C=O) groups is 3. The van der Waals surface area contributed by atoms with Gasteiger partial charge in [-0.25, -0.2) is 4.57 Å². The van der Waals surface area contributed by atoms with Crippen molar-refractivity contribution in [2.75, 3.05) is 26.4 Å². The number of unbranched alkanes of at least 4 members (excludes halogenated alkanes) is 17. The summed E-state index contributed by atoms with van der Waals surface area (Å²) in [5, 5.41) is 18.3. The van der Waals surface area contributed by atoms with E-state index in [0.717, 1.165) is 51.4 Å². The molecule has 324 valence electrons. The SMILES string of the molecule is CCCCCCCCCCCCCCCCCC(=O)OC[C@H](COP(=O)(O)OC[C@@H](O)CO)OC(=O)CCC/C=C\C/C=C\C/C=C\C=C\C(=O)CCCCC. The summed E-state index contributed by atoms with van der Waals surface area (Å²) in [6.07, 6.45) is 37.8. The molecule has 3 N–H and O–H groups in total. The average molecular weight is 813 g/mol. The molecule has 0 amide bonds. The molecular formula is C44H77O11P. The highest BCUT2D eigenvalue weighted by molar-refractivity contribution is 7.47. The van der Waals surface area contributed by atoms with Crippen LogP contribution in [0.1, 0.15) is 174 Å². The van der Waals surface area contributed by atoms with Crippen LogP contribution in [0.4, 0.5) is 0 Å². The van der Waals surface area contributed by atoms with Crippen molar-refractivity contribution in [1.82, 2.24) is 0 Å². The zero-order chi connectivity index (χ0) is 41.4. The molecule has 0 aromatic heterocycles. The molecule has 0 spiro atoms. The second-order valence-corrected chi connectivity index (χ2v) is 15.9. The van der Waals surface area contributed by atoms with Crippen molar-refractivity contribution in [3.05, 3.63) is 48.6 Å². The van der Waals surface area contributed by atoms with Gasteiger partial charge in [0.15, 0.2) is 11.9 Å². The largest absolute Gasteiger partial charge is 0.472 e. The van der Waals surface area contributed by atoms with E-state index in [2.05, 4.69) is 18.4 Å². The normalized spacial score (nSPS) is 14.2. The lowest BCUT2D eigenvalue weighted by atomic mass is 10.0. The van der Waals surface area contributed by atoms with Crippen LogP contribution in [0, 0.1) is 0 Å². The monoisotopic (exact) mass is 813 g/mol. The molecule has 0 saturated heterocycles. The van der Waals surface area contributed by atoms with Crippen molar-refractivity contribution < 1.29 is 52.6 Å². The van der Waals surface area contributed by atoms with Gasteiger partial charge in [-0.1, -0.05) is 159 Å². The Morgan fingerprint density at radius 2 is 1.09 bits per heavy atom. The van der Waals surface area contributed by atoms with E-state index >= 15 is 0 Å². The van der Waals surface area contributed by atoms with Crippen molar-refractivity contribution in [3.63, 3.8) is 0 Å². The minimum absolute atomic E-state index is 0.0825. The van der Waals surface area contributed by atoms with Gasteiger partial charge in [0, 0.05) is 19.3 Å². The summed E-state index contributed by atoms with van der Waals surface area (Å²) in [5.74, 6) is -0.866. The first-order valence-corrected chi connectivity index (χ1v) is 23.0. The molecular weight excluding hydrogens is 735 g/mol. The van der Waals surface area contributed by atoms with Crippen molar-refractivity contribution in [2.24, 2.45) is 0 Å². The van der Waals surface area contributed by atoms with Gasteiger partial charge in [-0.3, -0.25) is 23.4 Å². The Kier molecular flexibility index (Phi) is 37.7. The molecule has 1 unspecified atom stereocenters. The fourth-order valence-electron chi connectivity index (χ4n) is 5.59. The van der Waals surface area contributed by atoms with Crippen LogP contribution in [0.25, 0.3) is 0 Å². The summed E-state index contributed by atoms with van der Waals surface area (Å²) in [4.78, 5) is 46.7. The standard InChI is InChI=1S/C44H77O11P/c1-3-5-7-8-9-10-11-12-13-14-17-20-23-26-30-34-43(48)52-38-42(39-54-56(50,51)53-37-41(47)36-45)55-44(49)35-31-27-24-21-18-15-16-19-22-25-29-33-40(46)32-28-6-4-2/h15-16,21-22,24-25,29,33,41-42,45,47H,3-14,17-20,23,26-28,30-32,34-39H2,1-2H3,(H,50,51)/b16-15-,24-21-,25-22-,33-29+/t41-,42+/m0/s1. The quantitative estimate of drug-likeness (QED) is 0.0135. The van der Waals surface area contributed by atoms with E-state index in [0.29, 0.717) is 25.7 Å². The Morgan fingerprint density at radius 1 is 0.589 bits per heavy atom. The number of rotatable bonds is 40. The average Bonchev–Trinajstić information content (AvgIpc) is 3.18. The maximum Gasteiger partial charge on any atom is 0.472 e. The molecule has 56 heavy (non-hydrogen) atoms. The first-order chi connectivity index (χ1) is 27.1. The Labute approximate surface area is 339 Å². The molecule has 0 rings (SSSR count). The van der Waals surface area contributed by atoms with E-state index in [1.54, 1.807) is 12.2 Å². The van der Waals surface area contributed by atoms with E-state index in [-0.39, 0.29) is 25.2 Å². The number of hydrogen-bond donors (Lipinski definition) is 3. The van der Waals surface area contributed by atoms with Gasteiger partial charge in [-0.2, -0.15) is 0 Å². The molecule has 0 aliphatic carbocycles. The topological polar surface area (TPSA) is 166 Å². The lowest BCUT2D eigenvalue weighted by molar-refractivity contribution is -0.161. The van der Waals surface area contributed by atoms with Crippen LogP contribution in [0.15, 0.2) is 48.6 Å². The van der Waals surface area contributed by atoms with E-state index in [4.69, 9.17) is 19.1 Å². The van der Waals surface area contributed by atoms with Crippen LogP contribution >= 0.6 is 7.82 Å². The Bertz CT molecular complexity index is 1130. The van der Waals surface area contributed by atoms with Crippen molar-refractivity contribution in [1.29, 1.82) is 0 Å². The number of aliphatic hydroxyl groups excluding tert-OH is 2. The predicted octanol–water partition coefficient (Wildman–Crippen LogP) is 10.5. The number of ether oxygens (including phenoxy) is 2. The number of phosphoric ester groups is 1. The molecule has 0 heterocycles. The van der Waals surface area contributed by atoms with Gasteiger partial charge >= 0.3 is 19.8 Å². The smallest absolute Gasteiger partial charge is 0.462 e. The summed E-state index contributed by atoms with van der Waals surface area (Å²) < 4.78 is 32.6. The summed E-state index contributed by atoms with van der Waals surface area (Å²) >= 11 is 0. The van der Waals surface area contributed by atoms with Crippen LogP contribution < -0.4 is 0 Å². The predicted molar refractivity (Wildman–Crippen MR) is 224 cm³/mol. The highest BCUT2D eigenvalue weighted by atomic mass is 31.2. The molecule has 0 saturated carbocycles. The number of esters is 2. The zero-order valence-corrected chi connectivity index (χ0v) is 35.7. The van der Waals surface area contributed by atoms with E-state index in [1.165, 1.54) is 70.6 Å². The molecule has 0 aromatic rings. The molecule has 0 fully saturated rings. The minimum atomic E-state index is -4.65. The zero-order valence-electron chi connectivity index (χ0n) is 34.8. The molecule has 0 aliphatic heterocycles. The maximum atomic E-state index is 12.6. The third kappa shape index (κ3) is 38.5. The van der Waals surface area contributed by atoms with E-state index in [9.17, 15) is 28.9 Å². The Hall–Kier alpha value is -2.40. The second-order valence-electron chi connectivity index (χ2n) is 14.4. The van der Waals surface area contributed by atoms with Crippen molar-refractivity contribution in [2.45, 2.75) is 187 Å². The molecule has 11 nitrogen and oxygen atoms in total. The number of allylic oxidation sites excluding steroid dienone is 8. The van der Waals surface area contributed by atoms with Crippen LogP contribution in [-0.2, 0) is 37.5 Å². The van der Waals surface area contributed by atoms with Gasteiger partial charge in [-0.05, 0) is 44.6 Å². The van der Waals surface area contributed by atoms with Crippen molar-refractivity contribution in [3.8, 4) is 0 Å². The van der Waals surface area contributed by atoms with Crippen LogP contribution in [0.3, 0.4) is 0 Å². The van der Waals surface area contributed by atoms with E-state index < -0.39 is 51.8 Å². The van der Waals surface area contributed by atoms with Gasteiger partial charge < -0.3 is 24.6 Å². The fraction of sp³-hybridized carbons (Fsp3) is 0.750. The Morgan fingerprint density at radius 3 is 1.70 bits per heavy atom. The van der Waals surface area contributed by atoms with Crippen LogP contribution in [0.2, 0.25) is 0 Å². The molecule has 12 heteroatoms. The number of aliphatic hydroxyl groups is 2. The van der Waals surface area contributed by atoms with Gasteiger partial charge in [0.1, 0.15) is 12.7 Å². The number of ketones is 1. The molecule has 3 atom stereocenters. The molecule has 0 radical (unpaired) electrons. The number of hydrogen-bond acceptors (Lipinski definition) is 10. The summed E-state index contributed by atoms with van der Waals surface area (Å²) in [5.41, 5.74) is 0. The summed E-state index contributed by atoms with van der Waals surface area (Å²) in [7, 11) is -4.65. The molecule has 0 aromatic carbocycles. The number of carbonyl (C=O) groups excluding carboxylic acids is 3. The maximum absolute atomic E-state index is 12.6. The summed E-state index contributed by atoms with van der Waals surface area (Å²) in [6.45, 7) is 2.14. The summed E-state index contributed by atoms with van der Waals surface area (Å²) in [6, 6.07) is 0. The van der Waals surface area contributed by atoms with Gasteiger partial charge in [0.2, 0.25) is 0 Å². The lowest BCUT2D eigenvalue weighted by Crippen LogP contribution is -2.29. The third-order valence-corrected chi connectivity index (χ3v) is 9.91. The minimum Gasteiger partial charge on any atom is -0.462 e. The number of phosphoric acid groups is 1. The highest BCUT2D eigenvalue weighted by Crippen LogP contribution is 2.43. The molecule has 0 bridgehead atoms. The van der Waals surface area contributed by atoms with Gasteiger partial charge in [-0.15, -0.1) is 0 Å². The van der Waals surface area contributed by atoms with Gasteiger partial charge in [0.05, 0.1) is 19.8 Å².